The van der Waals surface area contributed by atoms with Crippen LogP contribution < -0.4 is 5.73 Å². The van der Waals surface area contributed by atoms with Crippen molar-refractivity contribution in [3.63, 3.8) is 0 Å². The van der Waals surface area contributed by atoms with Crippen molar-refractivity contribution < 1.29 is 0 Å². The molecule has 0 radical (unpaired) electrons. The molecule has 78 valence electrons. The first-order valence-corrected chi connectivity index (χ1v) is 6.26. The van der Waals surface area contributed by atoms with Gasteiger partial charge >= 0.3 is 0 Å². The van der Waals surface area contributed by atoms with E-state index in [0.29, 0.717) is 0 Å². The highest BCUT2D eigenvalue weighted by atomic mass is 32.1. The predicted molar refractivity (Wildman–Crippen MR) is 61.6 cm³/mol. The molecule has 1 saturated heterocycles. The van der Waals surface area contributed by atoms with Crippen LogP contribution >= 0.6 is 11.3 Å². The highest BCUT2D eigenvalue weighted by Gasteiger charge is 2.20. The number of nitrogens with two attached hydrogens (primary N) is 1. The Hall–Kier alpha value is -0.380. The summed E-state index contributed by atoms with van der Waals surface area (Å²) in [6, 6.07) is 2.22. The van der Waals surface area contributed by atoms with Crippen LogP contribution in [-0.2, 0) is 6.42 Å². The third kappa shape index (κ3) is 2.56. The third-order valence-electron chi connectivity index (χ3n) is 3.00. The topological polar surface area (TPSA) is 29.3 Å². The molecule has 2 nitrogen and oxygen atoms in total. The van der Waals surface area contributed by atoms with Gasteiger partial charge in [-0.15, -0.1) is 0 Å². The summed E-state index contributed by atoms with van der Waals surface area (Å²) in [5.74, 6) is 0.748. The van der Waals surface area contributed by atoms with Crippen LogP contribution in [0.15, 0.2) is 16.8 Å². The van der Waals surface area contributed by atoms with Crippen molar-refractivity contribution >= 4 is 11.3 Å². The van der Waals surface area contributed by atoms with Crippen molar-refractivity contribution in [1.82, 2.24) is 4.90 Å². The lowest BCUT2D eigenvalue weighted by Crippen LogP contribution is -2.25. The maximum Gasteiger partial charge on any atom is 0.00223 e. The molecule has 0 saturated carbocycles. The van der Waals surface area contributed by atoms with Crippen LogP contribution in [-0.4, -0.2) is 31.1 Å². The van der Waals surface area contributed by atoms with Gasteiger partial charge in [-0.3, -0.25) is 0 Å². The monoisotopic (exact) mass is 210 g/mol. The maximum absolute atomic E-state index is 5.66. The molecule has 0 amide bonds. The van der Waals surface area contributed by atoms with Gasteiger partial charge in [-0.2, -0.15) is 11.3 Å². The molecule has 0 bridgehead atoms. The van der Waals surface area contributed by atoms with E-state index in [4.69, 9.17) is 5.73 Å². The Labute approximate surface area is 89.7 Å². The Bertz CT molecular complexity index is 258. The average molecular weight is 210 g/mol. The quantitative estimate of drug-likeness (QED) is 0.817. The van der Waals surface area contributed by atoms with Gasteiger partial charge in [-0.05, 0) is 54.2 Å². The highest BCUT2D eigenvalue weighted by Crippen LogP contribution is 2.15. The second kappa shape index (κ2) is 4.91. The molecule has 0 spiro atoms. The Balaban J connectivity index is 1.72. The molecule has 1 aliphatic heterocycles. The number of hydrogen-bond donors (Lipinski definition) is 1. The summed E-state index contributed by atoms with van der Waals surface area (Å²) in [5, 5.41) is 4.40. The molecule has 1 aliphatic rings. The van der Waals surface area contributed by atoms with E-state index in [1.54, 1.807) is 11.3 Å². The molecule has 1 aromatic heterocycles. The third-order valence-corrected chi connectivity index (χ3v) is 3.73. The van der Waals surface area contributed by atoms with Crippen molar-refractivity contribution in [2.75, 3.05) is 26.2 Å². The molecule has 3 heteroatoms. The van der Waals surface area contributed by atoms with Gasteiger partial charge in [0, 0.05) is 13.1 Å². The van der Waals surface area contributed by atoms with Gasteiger partial charge in [0.2, 0.25) is 0 Å². The fraction of sp³-hybridized carbons (Fsp3) is 0.636. The van der Waals surface area contributed by atoms with Crippen LogP contribution in [0, 0.1) is 5.92 Å². The zero-order chi connectivity index (χ0) is 9.80. The Morgan fingerprint density at radius 2 is 2.50 bits per heavy atom. The van der Waals surface area contributed by atoms with Crippen molar-refractivity contribution in [3.8, 4) is 0 Å². The summed E-state index contributed by atoms with van der Waals surface area (Å²) in [6.07, 6.45) is 2.49. The van der Waals surface area contributed by atoms with E-state index in [9.17, 15) is 0 Å². The van der Waals surface area contributed by atoms with Crippen molar-refractivity contribution in [2.24, 2.45) is 11.7 Å². The Morgan fingerprint density at radius 1 is 1.57 bits per heavy atom. The number of hydrogen-bond acceptors (Lipinski definition) is 3. The minimum absolute atomic E-state index is 0.748. The summed E-state index contributed by atoms with van der Waals surface area (Å²) in [7, 11) is 0. The molecule has 2 heterocycles. The Morgan fingerprint density at radius 3 is 3.14 bits per heavy atom. The average Bonchev–Trinajstić information content (AvgIpc) is 2.86. The fourth-order valence-electron chi connectivity index (χ4n) is 2.03. The molecule has 2 rings (SSSR count). The fourth-order valence-corrected chi connectivity index (χ4v) is 2.73. The predicted octanol–water partition coefficient (Wildman–Crippen LogP) is 1.57. The number of nitrogens with zero attached hydrogens (tertiary/aromatic N) is 1. The lowest BCUT2D eigenvalue weighted by atomic mass is 10.1. The van der Waals surface area contributed by atoms with Crippen LogP contribution in [0.5, 0.6) is 0 Å². The molecule has 1 aromatic rings. The minimum atomic E-state index is 0.748. The summed E-state index contributed by atoms with van der Waals surface area (Å²) in [5.41, 5.74) is 7.14. The molecule has 1 atom stereocenters. The lowest BCUT2D eigenvalue weighted by Gasteiger charge is -2.14. The molecule has 2 N–H and O–H groups in total. The highest BCUT2D eigenvalue weighted by molar-refractivity contribution is 7.07. The second-order valence-corrected chi connectivity index (χ2v) is 4.85. The standard InChI is InChI=1S/C11H18N2S/c12-7-11-2-5-13(8-11)4-1-10-3-6-14-9-10/h3,6,9,11H,1-2,4-5,7-8,12H2. The first-order valence-electron chi connectivity index (χ1n) is 5.32. The normalized spacial score (nSPS) is 23.1. The van der Waals surface area contributed by atoms with Gasteiger partial charge in [0.1, 0.15) is 0 Å². The van der Waals surface area contributed by atoms with Gasteiger partial charge in [0.25, 0.3) is 0 Å². The first kappa shape index (κ1) is 10.1. The summed E-state index contributed by atoms with van der Waals surface area (Å²) in [4.78, 5) is 2.54. The van der Waals surface area contributed by atoms with Gasteiger partial charge in [0.15, 0.2) is 0 Å². The van der Waals surface area contributed by atoms with Gasteiger partial charge in [0.05, 0.1) is 0 Å². The van der Waals surface area contributed by atoms with Crippen molar-refractivity contribution in [3.05, 3.63) is 22.4 Å². The smallest absolute Gasteiger partial charge is 0.00223 e. The number of thiophene rings is 1. The van der Waals surface area contributed by atoms with Crippen LogP contribution in [0.25, 0.3) is 0 Å². The van der Waals surface area contributed by atoms with Crippen molar-refractivity contribution in [2.45, 2.75) is 12.8 Å². The first-order chi connectivity index (χ1) is 6.88. The van der Waals surface area contributed by atoms with Crippen molar-refractivity contribution in [1.29, 1.82) is 0 Å². The van der Waals surface area contributed by atoms with Gasteiger partial charge in [-0.1, -0.05) is 0 Å². The molecular formula is C11H18N2S. The SMILES string of the molecule is NCC1CCN(CCc2ccsc2)C1. The molecule has 0 aliphatic carbocycles. The summed E-state index contributed by atoms with van der Waals surface area (Å²) >= 11 is 1.79. The van der Waals surface area contributed by atoms with Crippen LogP contribution in [0.1, 0.15) is 12.0 Å². The van der Waals surface area contributed by atoms with Gasteiger partial charge in [-0.25, -0.2) is 0 Å². The summed E-state index contributed by atoms with van der Waals surface area (Å²) in [6.45, 7) is 4.51. The molecule has 1 fully saturated rings. The largest absolute Gasteiger partial charge is 0.330 e. The summed E-state index contributed by atoms with van der Waals surface area (Å²) < 4.78 is 0. The van der Waals surface area contributed by atoms with Crippen LogP contribution in [0.2, 0.25) is 0 Å². The molecule has 14 heavy (non-hydrogen) atoms. The lowest BCUT2D eigenvalue weighted by molar-refractivity contribution is 0.330. The zero-order valence-corrected chi connectivity index (χ0v) is 9.30. The van der Waals surface area contributed by atoms with E-state index in [1.807, 2.05) is 0 Å². The second-order valence-electron chi connectivity index (χ2n) is 4.07. The van der Waals surface area contributed by atoms with E-state index >= 15 is 0 Å². The van der Waals surface area contributed by atoms with Crippen LogP contribution in [0.4, 0.5) is 0 Å². The van der Waals surface area contributed by atoms with E-state index in [0.717, 1.165) is 12.5 Å². The Kier molecular flexibility index (Phi) is 3.56. The van der Waals surface area contributed by atoms with Gasteiger partial charge < -0.3 is 10.6 Å². The number of rotatable bonds is 4. The zero-order valence-electron chi connectivity index (χ0n) is 8.48. The number of likely N-dealkylation sites (tertiary alicyclic amines) is 1. The minimum Gasteiger partial charge on any atom is -0.330 e. The van der Waals surface area contributed by atoms with E-state index < -0.39 is 0 Å². The van der Waals surface area contributed by atoms with E-state index in [1.165, 1.54) is 38.0 Å². The molecular weight excluding hydrogens is 192 g/mol. The molecule has 0 aromatic carbocycles. The van der Waals surface area contributed by atoms with E-state index in [2.05, 4.69) is 21.7 Å². The van der Waals surface area contributed by atoms with E-state index in [-0.39, 0.29) is 0 Å². The molecule has 1 unspecified atom stereocenters. The maximum atomic E-state index is 5.66. The van der Waals surface area contributed by atoms with Crippen LogP contribution in [0.3, 0.4) is 0 Å².